The van der Waals surface area contributed by atoms with Gasteiger partial charge < -0.3 is 9.84 Å². The van der Waals surface area contributed by atoms with Gasteiger partial charge in [-0.1, -0.05) is 18.2 Å². The van der Waals surface area contributed by atoms with E-state index >= 15 is 0 Å². The number of rotatable bonds is 3. The van der Waals surface area contributed by atoms with Crippen LogP contribution in [0.4, 0.5) is 0 Å². The maximum absolute atomic E-state index is 10.6. The van der Waals surface area contributed by atoms with E-state index in [0.717, 1.165) is 17.7 Å². The zero-order valence-electron chi connectivity index (χ0n) is 10.1. The highest BCUT2D eigenvalue weighted by atomic mass is 16.5. The van der Waals surface area contributed by atoms with Gasteiger partial charge in [-0.05, 0) is 19.9 Å². The summed E-state index contributed by atoms with van der Waals surface area (Å²) in [6.07, 6.45) is 0.761. The lowest BCUT2D eigenvalue weighted by atomic mass is 9.90. The van der Waals surface area contributed by atoms with E-state index < -0.39 is 5.97 Å². The normalized spacial score (nSPS) is 21.4. The Labute approximate surface area is 101 Å². The molecular formula is C13H17NO3. The Morgan fingerprint density at radius 2 is 2.24 bits per heavy atom. The molecule has 1 unspecified atom stereocenters. The van der Waals surface area contributed by atoms with Gasteiger partial charge in [0, 0.05) is 18.0 Å². The Kier molecular flexibility index (Phi) is 3.07. The van der Waals surface area contributed by atoms with Gasteiger partial charge in [0.2, 0.25) is 0 Å². The van der Waals surface area contributed by atoms with Crippen LogP contribution in [-0.4, -0.2) is 23.2 Å². The Bertz CT molecular complexity index is 428. The summed E-state index contributed by atoms with van der Waals surface area (Å²) in [5.41, 5.74) is 0.762. The van der Waals surface area contributed by atoms with Gasteiger partial charge in [-0.2, -0.15) is 0 Å². The molecule has 2 N–H and O–H groups in total. The number of ether oxygens (including phenoxy) is 1. The number of nitrogens with one attached hydrogen (secondary N) is 1. The number of para-hydroxylation sites is 1. The Morgan fingerprint density at radius 3 is 2.94 bits per heavy atom. The minimum absolute atomic E-state index is 0.0327. The molecule has 0 aliphatic carbocycles. The van der Waals surface area contributed by atoms with Gasteiger partial charge in [0.1, 0.15) is 11.4 Å². The molecule has 1 aromatic carbocycles. The molecule has 4 heteroatoms. The van der Waals surface area contributed by atoms with Crippen molar-refractivity contribution in [2.24, 2.45) is 0 Å². The van der Waals surface area contributed by atoms with Crippen LogP contribution in [-0.2, 0) is 4.79 Å². The first-order valence-corrected chi connectivity index (χ1v) is 5.71. The summed E-state index contributed by atoms with van der Waals surface area (Å²) in [6.45, 7) is 3.99. The van der Waals surface area contributed by atoms with Crippen LogP contribution in [0.1, 0.15) is 31.9 Å². The Balaban J connectivity index is 2.23. The van der Waals surface area contributed by atoms with E-state index in [0.29, 0.717) is 0 Å². The number of carbonyl (C=O) groups is 1. The van der Waals surface area contributed by atoms with Crippen molar-refractivity contribution in [3.8, 4) is 5.75 Å². The first-order valence-electron chi connectivity index (χ1n) is 5.71. The standard InChI is InChI=1S/C13H17NO3/c1-13(2)7-10(14-8-12(15)16)9-5-3-4-6-11(9)17-13/h3-6,10,14H,7-8H2,1-2H3,(H,15,16). The highest BCUT2D eigenvalue weighted by Gasteiger charge is 2.33. The SMILES string of the molecule is CC1(C)CC(NCC(=O)O)c2ccccc2O1. The largest absolute Gasteiger partial charge is 0.487 e. The van der Waals surface area contributed by atoms with Gasteiger partial charge in [-0.15, -0.1) is 0 Å². The van der Waals surface area contributed by atoms with E-state index in [9.17, 15) is 4.79 Å². The molecule has 1 atom stereocenters. The van der Waals surface area contributed by atoms with Crippen LogP contribution in [0, 0.1) is 0 Å². The highest BCUT2D eigenvalue weighted by molar-refractivity contribution is 5.69. The predicted molar refractivity (Wildman–Crippen MR) is 64.1 cm³/mol. The van der Waals surface area contributed by atoms with Crippen LogP contribution in [0.5, 0.6) is 5.75 Å². The van der Waals surface area contributed by atoms with Crippen LogP contribution < -0.4 is 10.1 Å². The van der Waals surface area contributed by atoms with Gasteiger partial charge in [-0.3, -0.25) is 10.1 Å². The summed E-state index contributed by atoms with van der Waals surface area (Å²) in [5, 5.41) is 11.8. The minimum atomic E-state index is -0.841. The van der Waals surface area contributed by atoms with Crippen LogP contribution in [0.25, 0.3) is 0 Å². The van der Waals surface area contributed by atoms with Gasteiger partial charge in [-0.25, -0.2) is 0 Å². The van der Waals surface area contributed by atoms with E-state index in [1.54, 1.807) is 0 Å². The van der Waals surface area contributed by atoms with Crippen molar-refractivity contribution in [2.45, 2.75) is 31.9 Å². The van der Waals surface area contributed by atoms with Gasteiger partial charge in [0.25, 0.3) is 0 Å². The lowest BCUT2D eigenvalue weighted by Gasteiger charge is -2.37. The predicted octanol–water partition coefficient (Wildman–Crippen LogP) is 1.96. The monoisotopic (exact) mass is 235 g/mol. The maximum atomic E-state index is 10.6. The summed E-state index contributed by atoms with van der Waals surface area (Å²) >= 11 is 0. The van der Waals surface area contributed by atoms with Crippen molar-refractivity contribution >= 4 is 5.97 Å². The van der Waals surface area contributed by atoms with Gasteiger partial charge in [0.05, 0.1) is 6.54 Å². The quantitative estimate of drug-likeness (QED) is 0.841. The molecule has 2 rings (SSSR count). The molecule has 0 aromatic heterocycles. The van der Waals surface area contributed by atoms with Crippen molar-refractivity contribution in [3.05, 3.63) is 29.8 Å². The third-order valence-electron chi connectivity index (χ3n) is 2.88. The second-order valence-electron chi connectivity index (χ2n) is 4.93. The molecule has 0 amide bonds. The smallest absolute Gasteiger partial charge is 0.317 e. The molecule has 0 bridgehead atoms. The van der Waals surface area contributed by atoms with E-state index in [2.05, 4.69) is 5.32 Å². The zero-order chi connectivity index (χ0) is 12.5. The van der Waals surface area contributed by atoms with E-state index in [1.807, 2.05) is 38.1 Å². The fourth-order valence-corrected chi connectivity index (χ4v) is 2.19. The van der Waals surface area contributed by atoms with E-state index in [-0.39, 0.29) is 18.2 Å². The van der Waals surface area contributed by atoms with Crippen LogP contribution in [0.15, 0.2) is 24.3 Å². The summed E-state index contributed by atoms with van der Waals surface area (Å²) < 4.78 is 5.87. The second kappa shape index (κ2) is 4.37. The minimum Gasteiger partial charge on any atom is -0.487 e. The van der Waals surface area contributed by atoms with E-state index in [1.165, 1.54) is 0 Å². The summed E-state index contributed by atoms with van der Waals surface area (Å²) in [4.78, 5) is 10.6. The lowest BCUT2D eigenvalue weighted by Crippen LogP contribution is -2.40. The molecule has 1 heterocycles. The van der Waals surface area contributed by atoms with E-state index in [4.69, 9.17) is 9.84 Å². The molecule has 0 spiro atoms. The molecule has 4 nitrogen and oxygen atoms in total. The molecule has 1 aliphatic heterocycles. The average molecular weight is 235 g/mol. The van der Waals surface area contributed by atoms with Crippen molar-refractivity contribution in [1.29, 1.82) is 0 Å². The molecule has 0 fully saturated rings. The number of hydrogen-bond donors (Lipinski definition) is 2. The summed E-state index contributed by atoms with van der Waals surface area (Å²) in [6, 6.07) is 7.80. The third kappa shape index (κ3) is 2.77. The number of hydrogen-bond acceptors (Lipinski definition) is 3. The Hall–Kier alpha value is -1.55. The second-order valence-corrected chi connectivity index (χ2v) is 4.93. The number of aliphatic carboxylic acids is 1. The fourth-order valence-electron chi connectivity index (χ4n) is 2.19. The Morgan fingerprint density at radius 1 is 1.53 bits per heavy atom. The number of carboxylic acids is 1. The average Bonchev–Trinajstić information content (AvgIpc) is 2.24. The number of benzene rings is 1. The van der Waals surface area contributed by atoms with Crippen LogP contribution in [0.2, 0.25) is 0 Å². The van der Waals surface area contributed by atoms with Crippen molar-refractivity contribution < 1.29 is 14.6 Å². The molecule has 1 aromatic rings. The lowest BCUT2D eigenvalue weighted by molar-refractivity contribution is -0.136. The molecule has 1 aliphatic rings. The topological polar surface area (TPSA) is 58.6 Å². The molecular weight excluding hydrogens is 218 g/mol. The van der Waals surface area contributed by atoms with Crippen molar-refractivity contribution in [1.82, 2.24) is 5.32 Å². The molecule has 92 valence electrons. The number of carboxylic acid groups (broad SMARTS) is 1. The van der Waals surface area contributed by atoms with Crippen molar-refractivity contribution in [2.75, 3.05) is 6.54 Å². The molecule has 17 heavy (non-hydrogen) atoms. The molecule has 0 saturated heterocycles. The molecule has 0 saturated carbocycles. The van der Waals surface area contributed by atoms with Crippen molar-refractivity contribution in [3.63, 3.8) is 0 Å². The van der Waals surface area contributed by atoms with Crippen LogP contribution in [0.3, 0.4) is 0 Å². The summed E-state index contributed by atoms with van der Waals surface area (Å²) in [7, 11) is 0. The fraction of sp³-hybridized carbons (Fsp3) is 0.462. The van der Waals surface area contributed by atoms with Gasteiger partial charge in [0.15, 0.2) is 0 Å². The molecule has 0 radical (unpaired) electrons. The first-order chi connectivity index (χ1) is 7.98. The highest BCUT2D eigenvalue weighted by Crippen LogP contribution is 2.38. The first kappa shape index (κ1) is 11.9. The summed E-state index contributed by atoms with van der Waals surface area (Å²) in [5.74, 6) is -0.00146. The maximum Gasteiger partial charge on any atom is 0.317 e. The third-order valence-corrected chi connectivity index (χ3v) is 2.88. The number of fused-ring (bicyclic) bond motifs is 1. The van der Waals surface area contributed by atoms with Gasteiger partial charge >= 0.3 is 5.97 Å². The zero-order valence-corrected chi connectivity index (χ0v) is 10.1. The van der Waals surface area contributed by atoms with Crippen LogP contribution >= 0.6 is 0 Å².